The minimum absolute atomic E-state index is 0.0365. The lowest BCUT2D eigenvalue weighted by Crippen LogP contribution is -2.55. The predicted octanol–water partition coefficient (Wildman–Crippen LogP) is 3.34. The Morgan fingerprint density at radius 3 is 2.32 bits per heavy atom. The minimum Gasteiger partial charge on any atom is -0.444 e. The molecule has 13 heteroatoms. The molecule has 1 aliphatic heterocycles. The van der Waals surface area contributed by atoms with Crippen molar-refractivity contribution in [2.75, 3.05) is 0 Å². The Morgan fingerprint density at radius 2 is 1.76 bits per heavy atom. The van der Waals surface area contributed by atoms with Gasteiger partial charge in [0.15, 0.2) is 5.82 Å². The Kier molecular flexibility index (Phi) is 6.10. The monoisotopic (exact) mass is 483 g/mol. The first-order valence-corrected chi connectivity index (χ1v) is 10.2. The van der Waals surface area contributed by atoms with Gasteiger partial charge in [0.05, 0.1) is 0 Å². The molecule has 4 amide bonds. The van der Waals surface area contributed by atoms with Crippen molar-refractivity contribution in [3.05, 3.63) is 47.6 Å². The maximum Gasteiger partial charge on any atom is 0.425 e. The second-order valence-corrected chi connectivity index (χ2v) is 9.20. The summed E-state index contributed by atoms with van der Waals surface area (Å²) in [7, 11) is 0. The van der Waals surface area contributed by atoms with E-state index in [9.17, 15) is 27.6 Å². The summed E-state index contributed by atoms with van der Waals surface area (Å²) >= 11 is 0. The van der Waals surface area contributed by atoms with E-state index in [4.69, 9.17) is 9.26 Å². The Balaban J connectivity index is 1.83. The van der Waals surface area contributed by atoms with Crippen molar-refractivity contribution in [1.82, 2.24) is 25.7 Å². The first kappa shape index (κ1) is 25.0. The van der Waals surface area contributed by atoms with Crippen LogP contribution in [0, 0.1) is 0 Å². The van der Waals surface area contributed by atoms with E-state index in [1.807, 2.05) is 0 Å². The van der Waals surface area contributed by atoms with E-state index in [1.54, 1.807) is 39.9 Å². The number of amides is 4. The normalized spacial score (nSPS) is 19.2. The van der Waals surface area contributed by atoms with Gasteiger partial charge in [0, 0.05) is 0 Å². The van der Waals surface area contributed by atoms with E-state index in [1.165, 1.54) is 18.2 Å². The fourth-order valence-corrected chi connectivity index (χ4v) is 3.28. The number of alkyl halides is 3. The van der Waals surface area contributed by atoms with Crippen LogP contribution in [0.4, 0.5) is 22.8 Å². The Hall–Kier alpha value is -3.64. The molecule has 2 aromatic rings. The van der Waals surface area contributed by atoms with E-state index in [2.05, 4.69) is 15.5 Å². The highest BCUT2D eigenvalue weighted by atomic mass is 19.4. The van der Waals surface area contributed by atoms with Crippen LogP contribution in [0.5, 0.6) is 0 Å². The molecule has 1 saturated heterocycles. The summed E-state index contributed by atoms with van der Waals surface area (Å²) in [6.07, 6.45) is -5.87. The van der Waals surface area contributed by atoms with Crippen molar-refractivity contribution in [2.24, 2.45) is 0 Å². The third-order valence-corrected chi connectivity index (χ3v) is 4.87. The molecule has 0 bridgehead atoms. The number of benzene rings is 1. The number of nitrogens with zero attached hydrogens (tertiary/aromatic N) is 3. The van der Waals surface area contributed by atoms with Gasteiger partial charge in [-0.1, -0.05) is 35.5 Å². The molecular weight excluding hydrogens is 459 g/mol. The van der Waals surface area contributed by atoms with Crippen molar-refractivity contribution in [3.8, 4) is 0 Å². The highest BCUT2D eigenvalue weighted by molar-refractivity contribution is 6.08. The number of urea groups is 1. The molecule has 184 valence electrons. The van der Waals surface area contributed by atoms with Crippen LogP contribution in [0.2, 0.25) is 0 Å². The number of halogens is 3. The van der Waals surface area contributed by atoms with Gasteiger partial charge in [-0.3, -0.25) is 9.69 Å². The number of hydrogen-bond acceptors (Lipinski definition) is 7. The number of nitrogens with one attached hydrogen (secondary N) is 2. The molecule has 1 fully saturated rings. The number of ether oxygens (including phenoxy) is 1. The van der Waals surface area contributed by atoms with Crippen molar-refractivity contribution >= 4 is 18.0 Å². The summed E-state index contributed by atoms with van der Waals surface area (Å²) < 4.78 is 52.4. The van der Waals surface area contributed by atoms with E-state index in [0.29, 0.717) is 4.90 Å². The van der Waals surface area contributed by atoms with Gasteiger partial charge in [0.2, 0.25) is 11.4 Å². The summed E-state index contributed by atoms with van der Waals surface area (Å²) in [5, 5.41) is 8.06. The largest absolute Gasteiger partial charge is 0.444 e. The molecule has 3 rings (SSSR count). The molecular formula is C21H24F3N5O5. The van der Waals surface area contributed by atoms with E-state index in [-0.39, 0.29) is 11.7 Å². The second-order valence-electron chi connectivity index (χ2n) is 9.20. The van der Waals surface area contributed by atoms with Crippen LogP contribution in [-0.2, 0) is 27.2 Å². The topological polar surface area (TPSA) is 127 Å². The number of hydrogen-bond donors (Lipinski definition) is 2. The van der Waals surface area contributed by atoms with Crippen LogP contribution in [0.25, 0.3) is 0 Å². The number of carbonyl (C=O) groups is 3. The summed E-state index contributed by atoms with van der Waals surface area (Å²) in [6.45, 7) is 7.43. The maximum absolute atomic E-state index is 14.1. The lowest BCUT2D eigenvalue weighted by molar-refractivity contribution is -0.198. The van der Waals surface area contributed by atoms with Crippen LogP contribution in [0.3, 0.4) is 0 Å². The molecule has 2 heterocycles. The molecule has 0 saturated carbocycles. The minimum atomic E-state index is -5.12. The summed E-state index contributed by atoms with van der Waals surface area (Å²) in [5.74, 6) is -1.86. The lowest BCUT2D eigenvalue weighted by Gasteiger charge is -2.29. The first-order chi connectivity index (χ1) is 15.6. The lowest BCUT2D eigenvalue weighted by atomic mass is 9.89. The average molecular weight is 483 g/mol. The molecule has 0 aliphatic carbocycles. The molecule has 1 aliphatic rings. The number of imide groups is 1. The Morgan fingerprint density at radius 1 is 1.15 bits per heavy atom. The van der Waals surface area contributed by atoms with Gasteiger partial charge < -0.3 is 19.9 Å². The van der Waals surface area contributed by atoms with Crippen molar-refractivity contribution in [2.45, 2.75) is 64.0 Å². The van der Waals surface area contributed by atoms with E-state index < -0.39 is 53.0 Å². The molecule has 10 nitrogen and oxygen atoms in total. The highest BCUT2D eigenvalue weighted by Gasteiger charge is 2.68. The SMILES string of the molecule is CC(C)(C)OC(=O)NC(C)(C)c1noc(CN2C(=O)NC(c3ccccc3)(C(F)(F)F)C2=O)n1. The molecule has 0 spiro atoms. The van der Waals surface area contributed by atoms with Gasteiger partial charge in [0.1, 0.15) is 17.7 Å². The van der Waals surface area contributed by atoms with Crippen molar-refractivity contribution in [3.63, 3.8) is 0 Å². The Bertz CT molecular complexity index is 1090. The van der Waals surface area contributed by atoms with Crippen LogP contribution >= 0.6 is 0 Å². The standard InChI is InChI=1S/C21H24F3N5O5/c1-18(2,3)33-17(32)27-19(4,5)14-25-13(34-28-14)11-29-15(30)20(21(22,23)24,26-16(29)31)12-9-7-6-8-10-12/h6-10H,11H2,1-5H3,(H,26,31)(H,27,32). The zero-order chi connectivity index (χ0) is 25.5. The molecule has 1 aromatic carbocycles. The zero-order valence-corrected chi connectivity index (χ0v) is 19.1. The first-order valence-electron chi connectivity index (χ1n) is 10.2. The van der Waals surface area contributed by atoms with E-state index in [0.717, 1.165) is 12.1 Å². The molecule has 1 atom stereocenters. The van der Waals surface area contributed by atoms with Gasteiger partial charge in [0.25, 0.3) is 5.91 Å². The third-order valence-electron chi connectivity index (χ3n) is 4.87. The Labute approximate surface area is 192 Å². The molecule has 34 heavy (non-hydrogen) atoms. The third kappa shape index (κ3) is 4.68. The number of carbonyl (C=O) groups excluding carboxylic acids is 3. The summed E-state index contributed by atoms with van der Waals surface area (Å²) in [4.78, 5) is 41.9. The highest BCUT2D eigenvalue weighted by Crippen LogP contribution is 2.43. The van der Waals surface area contributed by atoms with Crippen molar-refractivity contribution < 1.29 is 36.8 Å². The van der Waals surface area contributed by atoms with Crippen LogP contribution in [0.15, 0.2) is 34.9 Å². The van der Waals surface area contributed by atoms with Gasteiger partial charge >= 0.3 is 18.3 Å². The zero-order valence-electron chi connectivity index (χ0n) is 19.1. The number of rotatable bonds is 5. The van der Waals surface area contributed by atoms with Gasteiger partial charge in [-0.2, -0.15) is 18.2 Å². The number of alkyl carbamates (subject to hydrolysis) is 1. The van der Waals surface area contributed by atoms with Crippen LogP contribution in [-0.4, -0.2) is 44.8 Å². The maximum atomic E-state index is 14.1. The molecule has 1 aromatic heterocycles. The van der Waals surface area contributed by atoms with E-state index >= 15 is 0 Å². The fourth-order valence-electron chi connectivity index (χ4n) is 3.28. The number of aromatic nitrogens is 2. The van der Waals surface area contributed by atoms with Crippen LogP contribution in [0.1, 0.15) is 51.9 Å². The second kappa shape index (κ2) is 8.29. The fraction of sp³-hybridized carbons (Fsp3) is 0.476. The summed E-state index contributed by atoms with van der Waals surface area (Å²) in [5.41, 5.74) is -5.62. The quantitative estimate of drug-likeness (QED) is 0.625. The van der Waals surface area contributed by atoms with Gasteiger partial charge in [-0.15, -0.1) is 0 Å². The molecule has 2 N–H and O–H groups in total. The van der Waals surface area contributed by atoms with Crippen LogP contribution < -0.4 is 10.6 Å². The smallest absolute Gasteiger partial charge is 0.425 e. The molecule has 0 radical (unpaired) electrons. The molecule has 1 unspecified atom stereocenters. The van der Waals surface area contributed by atoms with Crippen molar-refractivity contribution in [1.29, 1.82) is 0 Å². The van der Waals surface area contributed by atoms with Gasteiger partial charge in [-0.05, 0) is 40.2 Å². The summed E-state index contributed by atoms with van der Waals surface area (Å²) in [6, 6.07) is 5.08. The average Bonchev–Trinajstić information content (AvgIpc) is 3.26. The predicted molar refractivity (Wildman–Crippen MR) is 110 cm³/mol. The van der Waals surface area contributed by atoms with Gasteiger partial charge in [-0.25, -0.2) is 9.59 Å².